The molecule has 16 heavy (non-hydrogen) atoms. The van der Waals surface area contributed by atoms with Gasteiger partial charge in [0.15, 0.2) is 0 Å². The van der Waals surface area contributed by atoms with E-state index in [4.69, 9.17) is 5.73 Å². The van der Waals surface area contributed by atoms with Crippen molar-refractivity contribution in [2.45, 2.75) is 32.4 Å². The minimum absolute atomic E-state index is 0.270. The van der Waals surface area contributed by atoms with Gasteiger partial charge >= 0.3 is 0 Å². The maximum Gasteiger partial charge on any atom is 0.219 e. The van der Waals surface area contributed by atoms with E-state index < -0.39 is 0 Å². The molecule has 1 aromatic carbocycles. The van der Waals surface area contributed by atoms with Gasteiger partial charge in [-0.1, -0.05) is 28.1 Å². The number of primary amides is 1. The Hall–Kier alpha value is -0.870. The molecule has 0 atom stereocenters. The highest BCUT2D eigenvalue weighted by Gasteiger charge is 2.19. The molecule has 1 aromatic rings. The molecule has 0 unspecified atom stereocenters. The highest BCUT2D eigenvalue weighted by atomic mass is 79.9. The number of halogens is 1. The summed E-state index contributed by atoms with van der Waals surface area (Å²) in [6.45, 7) is 4.66. The topological polar surface area (TPSA) is 55.1 Å². The van der Waals surface area contributed by atoms with Crippen molar-refractivity contribution >= 4 is 21.8 Å². The smallest absolute Gasteiger partial charge is 0.219 e. The van der Waals surface area contributed by atoms with Gasteiger partial charge in [-0.2, -0.15) is 0 Å². The van der Waals surface area contributed by atoms with E-state index in [1.807, 2.05) is 38.1 Å². The summed E-state index contributed by atoms with van der Waals surface area (Å²) in [6.07, 6.45) is 0.334. The Bertz CT molecular complexity index is 377. The third-order valence-electron chi connectivity index (χ3n) is 2.28. The second-order valence-corrected chi connectivity index (χ2v) is 5.43. The molecule has 0 fully saturated rings. The summed E-state index contributed by atoms with van der Waals surface area (Å²) < 4.78 is 1.06. The molecule has 4 heteroatoms. The Labute approximate surface area is 105 Å². The predicted octanol–water partition coefficient (Wildman–Crippen LogP) is 2.19. The first-order valence-electron chi connectivity index (χ1n) is 5.17. The standard InChI is InChI=1S/C12H17BrN2O/c1-12(2,7-11(14)16)15-8-9-4-3-5-10(13)6-9/h3-6,15H,7-8H2,1-2H3,(H2,14,16). The van der Waals surface area contributed by atoms with Gasteiger partial charge in [-0.05, 0) is 31.5 Å². The van der Waals surface area contributed by atoms with Gasteiger partial charge in [0, 0.05) is 23.0 Å². The van der Waals surface area contributed by atoms with Gasteiger partial charge in [0.05, 0.1) is 0 Å². The zero-order chi connectivity index (χ0) is 12.2. The molecule has 1 amide bonds. The highest BCUT2D eigenvalue weighted by Crippen LogP contribution is 2.13. The Balaban J connectivity index is 2.54. The maximum absolute atomic E-state index is 10.9. The molecule has 0 aliphatic rings. The molecular weight excluding hydrogens is 268 g/mol. The van der Waals surface area contributed by atoms with Gasteiger partial charge < -0.3 is 11.1 Å². The zero-order valence-electron chi connectivity index (χ0n) is 9.59. The van der Waals surface area contributed by atoms with Crippen molar-refractivity contribution in [2.75, 3.05) is 0 Å². The molecule has 0 aromatic heterocycles. The first-order valence-corrected chi connectivity index (χ1v) is 5.96. The largest absolute Gasteiger partial charge is 0.370 e. The van der Waals surface area contributed by atoms with E-state index in [0.717, 1.165) is 11.0 Å². The second kappa shape index (κ2) is 5.46. The molecule has 3 nitrogen and oxygen atoms in total. The summed E-state index contributed by atoms with van der Waals surface area (Å²) >= 11 is 3.42. The van der Waals surface area contributed by atoms with Crippen LogP contribution in [-0.4, -0.2) is 11.4 Å². The van der Waals surface area contributed by atoms with E-state index in [1.165, 1.54) is 5.56 Å². The van der Waals surface area contributed by atoms with Crippen LogP contribution >= 0.6 is 15.9 Å². The minimum atomic E-state index is -0.285. The molecule has 0 aliphatic carbocycles. The Kier molecular flexibility index (Phi) is 4.50. The van der Waals surface area contributed by atoms with Gasteiger partial charge in [0.2, 0.25) is 5.91 Å². The number of rotatable bonds is 5. The van der Waals surface area contributed by atoms with Gasteiger partial charge in [-0.3, -0.25) is 4.79 Å². The van der Waals surface area contributed by atoms with Crippen molar-refractivity contribution in [3.05, 3.63) is 34.3 Å². The van der Waals surface area contributed by atoms with Crippen molar-refractivity contribution in [1.82, 2.24) is 5.32 Å². The summed E-state index contributed by atoms with van der Waals surface area (Å²) in [5.74, 6) is -0.285. The van der Waals surface area contributed by atoms with Crippen molar-refractivity contribution in [3.8, 4) is 0 Å². The Morgan fingerprint density at radius 2 is 2.19 bits per heavy atom. The van der Waals surface area contributed by atoms with Crippen LogP contribution in [0.1, 0.15) is 25.8 Å². The molecule has 0 radical (unpaired) electrons. The van der Waals surface area contributed by atoms with Crippen LogP contribution < -0.4 is 11.1 Å². The second-order valence-electron chi connectivity index (χ2n) is 4.51. The third kappa shape index (κ3) is 4.77. The molecule has 0 bridgehead atoms. The SMILES string of the molecule is CC(C)(CC(N)=O)NCc1cccc(Br)c1. The molecule has 3 N–H and O–H groups in total. The first-order chi connectivity index (χ1) is 7.39. The number of benzene rings is 1. The number of nitrogens with one attached hydrogen (secondary N) is 1. The fraction of sp³-hybridized carbons (Fsp3) is 0.417. The van der Waals surface area contributed by atoms with Crippen molar-refractivity contribution in [3.63, 3.8) is 0 Å². The molecule has 0 heterocycles. The van der Waals surface area contributed by atoms with Crippen LogP contribution in [0.5, 0.6) is 0 Å². The lowest BCUT2D eigenvalue weighted by atomic mass is 10.00. The maximum atomic E-state index is 10.9. The number of carbonyl (C=O) groups is 1. The van der Waals surface area contributed by atoms with Crippen molar-refractivity contribution in [1.29, 1.82) is 0 Å². The average molecular weight is 285 g/mol. The van der Waals surface area contributed by atoms with Crippen LogP contribution in [0.25, 0.3) is 0 Å². The zero-order valence-corrected chi connectivity index (χ0v) is 11.2. The number of hydrogen-bond acceptors (Lipinski definition) is 2. The molecule has 0 saturated carbocycles. The highest BCUT2D eigenvalue weighted by molar-refractivity contribution is 9.10. The summed E-state index contributed by atoms with van der Waals surface area (Å²) in [4.78, 5) is 10.9. The number of hydrogen-bond donors (Lipinski definition) is 2. The monoisotopic (exact) mass is 284 g/mol. The lowest BCUT2D eigenvalue weighted by Gasteiger charge is -2.24. The van der Waals surface area contributed by atoms with Crippen LogP contribution in [0, 0.1) is 0 Å². The molecule has 0 saturated heterocycles. The molecule has 1 rings (SSSR count). The third-order valence-corrected chi connectivity index (χ3v) is 2.77. The van der Waals surface area contributed by atoms with Gasteiger partial charge in [0.1, 0.15) is 0 Å². The molecule has 88 valence electrons. The van der Waals surface area contributed by atoms with Gasteiger partial charge in [-0.25, -0.2) is 0 Å². The molecular formula is C12H17BrN2O. The van der Waals surface area contributed by atoms with Crippen molar-refractivity contribution < 1.29 is 4.79 Å². The van der Waals surface area contributed by atoms with Gasteiger partial charge in [-0.15, -0.1) is 0 Å². The van der Waals surface area contributed by atoms with Crippen LogP contribution in [-0.2, 0) is 11.3 Å². The number of carbonyl (C=O) groups excluding carboxylic acids is 1. The summed E-state index contributed by atoms with van der Waals surface area (Å²) in [5, 5.41) is 3.31. The lowest BCUT2D eigenvalue weighted by Crippen LogP contribution is -2.42. The number of amides is 1. The normalized spacial score (nSPS) is 11.4. The average Bonchev–Trinajstić information content (AvgIpc) is 2.13. The predicted molar refractivity (Wildman–Crippen MR) is 68.9 cm³/mol. The Morgan fingerprint density at radius 1 is 1.50 bits per heavy atom. The van der Waals surface area contributed by atoms with E-state index in [1.54, 1.807) is 0 Å². The number of nitrogens with two attached hydrogens (primary N) is 1. The van der Waals surface area contributed by atoms with Crippen LogP contribution in [0.4, 0.5) is 0 Å². The van der Waals surface area contributed by atoms with Crippen LogP contribution in [0.2, 0.25) is 0 Å². The van der Waals surface area contributed by atoms with E-state index in [9.17, 15) is 4.79 Å². The first kappa shape index (κ1) is 13.2. The van der Waals surface area contributed by atoms with Crippen LogP contribution in [0.3, 0.4) is 0 Å². The fourth-order valence-corrected chi connectivity index (χ4v) is 1.93. The fourth-order valence-electron chi connectivity index (χ4n) is 1.49. The summed E-state index contributed by atoms with van der Waals surface area (Å²) in [6, 6.07) is 8.06. The van der Waals surface area contributed by atoms with E-state index in [2.05, 4.69) is 21.2 Å². The van der Waals surface area contributed by atoms with E-state index in [-0.39, 0.29) is 11.4 Å². The quantitative estimate of drug-likeness (QED) is 0.871. The Morgan fingerprint density at radius 3 is 2.75 bits per heavy atom. The van der Waals surface area contributed by atoms with E-state index in [0.29, 0.717) is 6.42 Å². The molecule has 0 spiro atoms. The summed E-state index contributed by atoms with van der Waals surface area (Å²) in [7, 11) is 0. The van der Waals surface area contributed by atoms with Crippen molar-refractivity contribution in [2.24, 2.45) is 5.73 Å². The molecule has 0 aliphatic heterocycles. The van der Waals surface area contributed by atoms with Gasteiger partial charge in [0.25, 0.3) is 0 Å². The minimum Gasteiger partial charge on any atom is -0.370 e. The van der Waals surface area contributed by atoms with Crippen LogP contribution in [0.15, 0.2) is 28.7 Å². The lowest BCUT2D eigenvalue weighted by molar-refractivity contribution is -0.119. The van der Waals surface area contributed by atoms with E-state index >= 15 is 0 Å². The summed E-state index contributed by atoms with van der Waals surface area (Å²) in [5.41, 5.74) is 6.09.